The molecule has 0 saturated carbocycles. The number of ketones is 2. The first kappa shape index (κ1) is 30.1. The predicted molar refractivity (Wildman–Crippen MR) is 119 cm³/mol. The van der Waals surface area contributed by atoms with Gasteiger partial charge in [0.2, 0.25) is 5.91 Å². The van der Waals surface area contributed by atoms with Crippen LogP contribution in [0.5, 0.6) is 0 Å². The molecule has 4 atom stereocenters. The van der Waals surface area contributed by atoms with Crippen LogP contribution in [0.4, 0.5) is 0 Å². The largest absolute Gasteiger partial charge is 0.379 e. The molecule has 0 spiro atoms. The quantitative estimate of drug-likeness (QED) is 0.173. The highest BCUT2D eigenvalue weighted by molar-refractivity contribution is 5.90. The number of rotatable bonds is 19. The van der Waals surface area contributed by atoms with E-state index < -0.39 is 6.04 Å². The number of nitrogens with one attached hydrogen (secondary N) is 2. The van der Waals surface area contributed by atoms with Gasteiger partial charge in [-0.3, -0.25) is 19.2 Å². The Kier molecular flexibility index (Phi) is 16.6. The summed E-state index contributed by atoms with van der Waals surface area (Å²) in [4.78, 5) is 47.1. The van der Waals surface area contributed by atoms with Gasteiger partial charge >= 0.3 is 0 Å². The third-order valence-corrected chi connectivity index (χ3v) is 4.89. The number of unbranched alkanes of at least 4 members (excludes halogenated alkanes) is 1. The molecule has 0 bridgehead atoms. The molecular weight excluding hydrogens is 416 g/mol. The summed E-state index contributed by atoms with van der Waals surface area (Å²) in [5, 5.41) is 5.46. The molecule has 0 aliphatic carbocycles. The number of hydrogen-bond acceptors (Lipinski definition) is 6. The number of ether oxygens (including phenoxy) is 2. The van der Waals surface area contributed by atoms with Crippen LogP contribution < -0.4 is 22.1 Å². The van der Waals surface area contributed by atoms with Gasteiger partial charge in [0, 0.05) is 38.5 Å². The first-order chi connectivity index (χ1) is 15.1. The summed E-state index contributed by atoms with van der Waals surface area (Å²) in [6.07, 6.45) is 2.76. The van der Waals surface area contributed by atoms with Crippen LogP contribution in [0.1, 0.15) is 59.8 Å². The third kappa shape index (κ3) is 15.0. The number of hydrogen-bond donors (Lipinski definition) is 4. The van der Waals surface area contributed by atoms with E-state index in [0.717, 1.165) is 6.42 Å². The molecule has 8 N–H and O–H groups in total. The molecule has 186 valence electrons. The Morgan fingerprint density at radius 3 is 1.91 bits per heavy atom. The van der Waals surface area contributed by atoms with E-state index >= 15 is 0 Å². The van der Waals surface area contributed by atoms with Gasteiger partial charge in [-0.2, -0.15) is 0 Å². The molecule has 4 unspecified atom stereocenters. The van der Waals surface area contributed by atoms with Crippen molar-refractivity contribution in [2.75, 3.05) is 33.0 Å². The molecule has 0 aromatic carbocycles. The average Bonchev–Trinajstić information content (AvgIpc) is 2.73. The fourth-order valence-corrected chi connectivity index (χ4v) is 2.63. The summed E-state index contributed by atoms with van der Waals surface area (Å²) < 4.78 is 10.9. The van der Waals surface area contributed by atoms with Gasteiger partial charge in [-0.15, -0.1) is 0 Å². The molecule has 0 rings (SSSR count). The second-order valence-corrected chi connectivity index (χ2v) is 8.40. The number of Topliss-reactive ketones (excluding diaryl/α,β-unsaturated/α-hetero) is 2. The number of carbonyl (C=O) groups is 4. The van der Waals surface area contributed by atoms with Crippen molar-refractivity contribution >= 4 is 23.4 Å². The van der Waals surface area contributed by atoms with Crippen LogP contribution in [0.15, 0.2) is 0 Å². The summed E-state index contributed by atoms with van der Waals surface area (Å²) in [6.45, 7) is 9.33. The third-order valence-electron chi connectivity index (χ3n) is 4.89. The lowest BCUT2D eigenvalue weighted by Gasteiger charge is -2.13. The minimum Gasteiger partial charge on any atom is -0.379 e. The van der Waals surface area contributed by atoms with Crippen molar-refractivity contribution < 1.29 is 40.1 Å². The zero-order valence-electron chi connectivity index (χ0n) is 20.2. The van der Waals surface area contributed by atoms with Crippen molar-refractivity contribution in [3.63, 3.8) is 0 Å². The number of quaternary nitrogens is 2. The van der Waals surface area contributed by atoms with Crippen molar-refractivity contribution in [1.82, 2.24) is 10.6 Å². The highest BCUT2D eigenvalue weighted by Crippen LogP contribution is 2.04. The molecule has 0 aliphatic rings. The minimum atomic E-state index is -0.492. The van der Waals surface area contributed by atoms with E-state index in [1.165, 1.54) is 0 Å². The molecule has 32 heavy (non-hydrogen) atoms. The lowest BCUT2D eigenvalue weighted by molar-refractivity contribution is -0.398. The highest BCUT2D eigenvalue weighted by Gasteiger charge is 2.20. The van der Waals surface area contributed by atoms with Crippen LogP contribution in [0.2, 0.25) is 0 Å². The zero-order chi connectivity index (χ0) is 24.5. The Morgan fingerprint density at radius 1 is 0.750 bits per heavy atom. The lowest BCUT2D eigenvalue weighted by Crippen LogP contribution is -2.66. The van der Waals surface area contributed by atoms with Gasteiger partial charge in [0.1, 0.15) is 6.04 Å². The molecule has 0 aliphatic heterocycles. The fraction of sp³-hybridized carbons (Fsp3) is 0.818. The molecular formula is C22H44N4O6+2. The van der Waals surface area contributed by atoms with Gasteiger partial charge in [0.05, 0.1) is 19.3 Å². The van der Waals surface area contributed by atoms with Crippen LogP contribution in [0.25, 0.3) is 0 Å². The van der Waals surface area contributed by atoms with Crippen LogP contribution in [0.3, 0.4) is 0 Å². The van der Waals surface area contributed by atoms with Gasteiger partial charge < -0.3 is 31.6 Å². The van der Waals surface area contributed by atoms with Crippen molar-refractivity contribution in [2.45, 2.75) is 77.9 Å². The zero-order valence-corrected chi connectivity index (χ0v) is 20.2. The minimum absolute atomic E-state index is 0.00680. The fourth-order valence-electron chi connectivity index (χ4n) is 2.63. The maximum absolute atomic E-state index is 12.0. The van der Waals surface area contributed by atoms with Gasteiger partial charge in [0.15, 0.2) is 17.6 Å². The second-order valence-electron chi connectivity index (χ2n) is 8.40. The van der Waals surface area contributed by atoms with Crippen molar-refractivity contribution in [3.8, 4) is 0 Å². The van der Waals surface area contributed by atoms with E-state index in [1.807, 2.05) is 0 Å². The molecule has 0 aromatic rings. The maximum atomic E-state index is 12.0. The van der Waals surface area contributed by atoms with E-state index in [0.29, 0.717) is 52.2 Å². The Labute approximate surface area is 191 Å². The normalized spacial score (nSPS) is 14.8. The number of amides is 2. The highest BCUT2D eigenvalue weighted by atomic mass is 16.5. The van der Waals surface area contributed by atoms with Crippen LogP contribution in [0, 0.1) is 5.92 Å². The van der Waals surface area contributed by atoms with Crippen molar-refractivity contribution in [3.05, 3.63) is 0 Å². The molecule has 2 amide bonds. The van der Waals surface area contributed by atoms with Gasteiger partial charge in [0.25, 0.3) is 5.91 Å². The average molecular weight is 461 g/mol. The van der Waals surface area contributed by atoms with Crippen LogP contribution in [-0.2, 0) is 28.7 Å². The SMILES string of the molecule is CC([NH3+])C(=O)CC(C)C(=O)NCCCOCCOCCCCC(=O)C(C)NC(=O)C(C)[NH3+]. The number of carbonyl (C=O) groups excluding carboxylic acids is 4. The Bertz CT molecular complexity index is 533. The second kappa shape index (κ2) is 17.6. The molecule has 10 nitrogen and oxygen atoms in total. The Hall–Kier alpha value is -1.88. The van der Waals surface area contributed by atoms with Gasteiger partial charge in [-0.1, -0.05) is 6.92 Å². The molecule has 0 aromatic heterocycles. The summed E-state index contributed by atoms with van der Waals surface area (Å²) in [5.41, 5.74) is 7.30. The standard InChI is InChI=1S/C22H42N4O6/c1-15(14-20(28)16(2)23)21(29)25-9-7-11-32-13-12-31-10-6-5-8-19(27)18(4)26-22(30)17(3)24/h15-18H,5-14,23-24H2,1-4H3,(H,25,29)(H,26,30)/p+2. The maximum Gasteiger partial charge on any atom is 0.278 e. The Morgan fingerprint density at radius 2 is 1.34 bits per heavy atom. The summed E-state index contributed by atoms with van der Waals surface area (Å²) in [6, 6.07) is -1.17. The van der Waals surface area contributed by atoms with E-state index in [9.17, 15) is 19.2 Å². The first-order valence-electron chi connectivity index (χ1n) is 11.5. The molecule has 10 heteroatoms. The smallest absolute Gasteiger partial charge is 0.278 e. The molecule has 0 fully saturated rings. The molecule has 0 saturated heterocycles. The van der Waals surface area contributed by atoms with Gasteiger partial charge in [-0.25, -0.2) is 0 Å². The monoisotopic (exact) mass is 460 g/mol. The molecule has 0 radical (unpaired) electrons. The van der Waals surface area contributed by atoms with Crippen LogP contribution in [-0.4, -0.2) is 74.5 Å². The van der Waals surface area contributed by atoms with E-state index in [4.69, 9.17) is 9.47 Å². The van der Waals surface area contributed by atoms with Gasteiger partial charge in [-0.05, 0) is 40.0 Å². The van der Waals surface area contributed by atoms with E-state index in [2.05, 4.69) is 22.1 Å². The van der Waals surface area contributed by atoms with Crippen molar-refractivity contribution in [1.29, 1.82) is 0 Å². The molecule has 0 heterocycles. The predicted octanol–water partition coefficient (Wildman–Crippen LogP) is -1.37. The Balaban J connectivity index is 3.56. The lowest BCUT2D eigenvalue weighted by atomic mass is 10.0. The summed E-state index contributed by atoms with van der Waals surface area (Å²) in [5.74, 6) is -0.704. The first-order valence-corrected chi connectivity index (χ1v) is 11.5. The van der Waals surface area contributed by atoms with E-state index in [-0.39, 0.29) is 47.8 Å². The van der Waals surface area contributed by atoms with Crippen molar-refractivity contribution in [2.24, 2.45) is 5.92 Å². The van der Waals surface area contributed by atoms with Crippen LogP contribution >= 0.6 is 0 Å². The topological polar surface area (TPSA) is 166 Å². The van der Waals surface area contributed by atoms with E-state index in [1.54, 1.807) is 27.7 Å². The summed E-state index contributed by atoms with van der Waals surface area (Å²) in [7, 11) is 0. The summed E-state index contributed by atoms with van der Waals surface area (Å²) >= 11 is 0.